The highest BCUT2D eigenvalue weighted by atomic mass is 32.2. The van der Waals surface area contributed by atoms with Crippen LogP contribution in [0.25, 0.3) is 0 Å². The summed E-state index contributed by atoms with van der Waals surface area (Å²) < 4.78 is 26.8. The van der Waals surface area contributed by atoms with E-state index in [0.717, 1.165) is 44.2 Å². The Balaban J connectivity index is 1.43. The number of benzene rings is 2. The molecule has 0 atom stereocenters. The van der Waals surface area contributed by atoms with Crippen LogP contribution in [0.5, 0.6) is 0 Å². The predicted octanol–water partition coefficient (Wildman–Crippen LogP) is 5.06. The number of carboxylic acid groups (broad SMARTS) is 1. The lowest BCUT2D eigenvalue weighted by Gasteiger charge is -2.06. The van der Waals surface area contributed by atoms with Crippen LogP contribution in [0, 0.1) is 0 Å². The van der Waals surface area contributed by atoms with Crippen molar-refractivity contribution in [2.45, 2.75) is 49.8 Å². The van der Waals surface area contributed by atoms with Gasteiger partial charge in [-0.25, -0.2) is 17.9 Å². The Kier molecular flexibility index (Phi) is 10.8. The third kappa shape index (κ3) is 9.81. The lowest BCUT2D eigenvalue weighted by molar-refractivity contribution is 0.0697. The lowest BCUT2D eigenvalue weighted by atomic mass is 10.1. The zero-order valence-corrected chi connectivity index (χ0v) is 18.6. The maximum Gasteiger partial charge on any atom is 0.335 e. The van der Waals surface area contributed by atoms with Gasteiger partial charge in [-0.2, -0.15) is 0 Å². The van der Waals surface area contributed by atoms with Crippen molar-refractivity contribution in [2.75, 3.05) is 18.4 Å². The van der Waals surface area contributed by atoms with E-state index in [0.29, 0.717) is 18.0 Å². The predicted molar refractivity (Wildman–Crippen MR) is 125 cm³/mol. The summed E-state index contributed by atoms with van der Waals surface area (Å²) >= 11 is 0. The first-order valence-corrected chi connectivity index (χ1v) is 12.2. The lowest BCUT2D eigenvalue weighted by Crippen LogP contribution is -2.24. The molecule has 0 amide bonds. The summed E-state index contributed by atoms with van der Waals surface area (Å²) in [6, 6.07) is 15.2. The molecule has 0 saturated heterocycles. The number of sulfonamides is 1. The second kappa shape index (κ2) is 13.6. The molecule has 0 aliphatic carbocycles. The zero-order valence-electron chi connectivity index (χ0n) is 17.8. The number of hydrogen-bond acceptors (Lipinski definition) is 4. The molecule has 3 N–H and O–H groups in total. The molecule has 31 heavy (non-hydrogen) atoms. The van der Waals surface area contributed by atoms with Crippen LogP contribution in [-0.4, -0.2) is 32.6 Å². The summed E-state index contributed by atoms with van der Waals surface area (Å²) in [6.07, 6.45) is 11.8. The van der Waals surface area contributed by atoms with Gasteiger partial charge >= 0.3 is 5.97 Å². The molecular formula is C24H32N2O4S. The number of anilines is 1. The number of unbranched alkanes of at least 4 members (excludes halogenated alkanes) is 6. The van der Waals surface area contributed by atoms with Gasteiger partial charge in [-0.3, -0.25) is 0 Å². The van der Waals surface area contributed by atoms with Gasteiger partial charge in [-0.05, 0) is 55.7 Å². The molecule has 0 saturated carbocycles. The van der Waals surface area contributed by atoms with E-state index in [2.05, 4.69) is 22.2 Å². The molecule has 0 aliphatic rings. The average molecular weight is 445 g/mol. The second-order valence-corrected chi connectivity index (χ2v) is 9.12. The van der Waals surface area contributed by atoms with Crippen LogP contribution >= 0.6 is 0 Å². The van der Waals surface area contributed by atoms with Crippen molar-refractivity contribution in [3.8, 4) is 0 Å². The summed E-state index contributed by atoms with van der Waals surface area (Å²) in [7, 11) is -3.38. The van der Waals surface area contributed by atoms with Gasteiger partial charge in [0.15, 0.2) is 0 Å². The van der Waals surface area contributed by atoms with E-state index in [-0.39, 0.29) is 5.56 Å². The molecule has 0 aliphatic heterocycles. The zero-order chi connectivity index (χ0) is 22.4. The largest absolute Gasteiger partial charge is 0.478 e. The summed E-state index contributed by atoms with van der Waals surface area (Å²) in [5.74, 6) is -0.917. The van der Waals surface area contributed by atoms with Crippen LogP contribution in [0.15, 0.2) is 71.6 Å². The number of allylic oxidation sites excluding steroid dienone is 1. The standard InChI is InChI=1S/C24H32N2O4S/c27-24(28)21-15-17-22(18-16-21)25-19-11-6-4-2-1-3-5-7-12-20-26-31(29,30)23-13-9-8-10-14-23/h6,8-11,13-18,25-26H,1-5,7,12,19-20H2,(H,27,28). The third-order valence-electron chi connectivity index (χ3n) is 4.87. The highest BCUT2D eigenvalue weighted by molar-refractivity contribution is 7.89. The summed E-state index contributed by atoms with van der Waals surface area (Å²) in [5, 5.41) is 12.1. The van der Waals surface area contributed by atoms with Crippen molar-refractivity contribution < 1.29 is 18.3 Å². The smallest absolute Gasteiger partial charge is 0.335 e. The Bertz CT molecular complexity index is 910. The van der Waals surface area contributed by atoms with Crippen LogP contribution in [-0.2, 0) is 10.0 Å². The Hall–Kier alpha value is -2.64. The fourth-order valence-corrected chi connectivity index (χ4v) is 4.19. The van der Waals surface area contributed by atoms with Gasteiger partial charge in [0.2, 0.25) is 10.0 Å². The van der Waals surface area contributed by atoms with E-state index in [4.69, 9.17) is 5.11 Å². The molecule has 2 aromatic carbocycles. The molecule has 0 radical (unpaired) electrons. The van der Waals surface area contributed by atoms with Gasteiger partial charge in [0.1, 0.15) is 0 Å². The number of rotatable bonds is 15. The Morgan fingerprint density at radius 3 is 2.16 bits per heavy atom. The topological polar surface area (TPSA) is 95.5 Å². The van der Waals surface area contributed by atoms with Crippen molar-refractivity contribution in [1.82, 2.24) is 4.72 Å². The molecule has 2 aromatic rings. The first-order valence-electron chi connectivity index (χ1n) is 10.8. The quantitative estimate of drug-likeness (QED) is 0.264. The fourth-order valence-electron chi connectivity index (χ4n) is 3.09. The third-order valence-corrected chi connectivity index (χ3v) is 6.34. The highest BCUT2D eigenvalue weighted by Crippen LogP contribution is 2.11. The average Bonchev–Trinajstić information content (AvgIpc) is 2.78. The van der Waals surface area contributed by atoms with Gasteiger partial charge < -0.3 is 10.4 Å². The van der Waals surface area contributed by atoms with Crippen molar-refractivity contribution in [1.29, 1.82) is 0 Å². The van der Waals surface area contributed by atoms with Crippen molar-refractivity contribution in [3.05, 3.63) is 72.3 Å². The maximum absolute atomic E-state index is 12.1. The first-order chi connectivity index (χ1) is 15.0. The summed E-state index contributed by atoms with van der Waals surface area (Å²) in [4.78, 5) is 11.1. The molecule has 0 heterocycles. The fraction of sp³-hybridized carbons (Fsp3) is 0.375. The van der Waals surface area contributed by atoms with Gasteiger partial charge in [0.25, 0.3) is 0 Å². The highest BCUT2D eigenvalue weighted by Gasteiger charge is 2.11. The SMILES string of the molecule is O=C(O)c1ccc(NCC=CCCCCCCCCNS(=O)(=O)c2ccccc2)cc1. The normalized spacial score (nSPS) is 11.6. The molecule has 2 rings (SSSR count). The Labute approximate surface area is 185 Å². The molecule has 0 spiro atoms. The Morgan fingerprint density at radius 2 is 1.48 bits per heavy atom. The van der Waals surface area contributed by atoms with Crippen LogP contribution < -0.4 is 10.0 Å². The Morgan fingerprint density at radius 1 is 0.839 bits per heavy atom. The number of nitrogens with one attached hydrogen (secondary N) is 2. The minimum Gasteiger partial charge on any atom is -0.478 e. The molecule has 168 valence electrons. The summed E-state index contributed by atoms with van der Waals surface area (Å²) in [5.41, 5.74) is 1.19. The molecule has 0 fully saturated rings. The molecule has 0 bridgehead atoms. The number of hydrogen-bond donors (Lipinski definition) is 3. The van der Waals surface area contributed by atoms with E-state index in [9.17, 15) is 13.2 Å². The van der Waals surface area contributed by atoms with Crippen molar-refractivity contribution in [2.24, 2.45) is 0 Å². The second-order valence-electron chi connectivity index (χ2n) is 7.36. The summed E-state index contributed by atoms with van der Waals surface area (Å²) in [6.45, 7) is 1.19. The van der Waals surface area contributed by atoms with Gasteiger partial charge in [-0.15, -0.1) is 0 Å². The molecule has 0 aromatic heterocycles. The number of carbonyl (C=O) groups is 1. The maximum atomic E-state index is 12.1. The molecular weight excluding hydrogens is 412 g/mol. The molecule has 6 nitrogen and oxygen atoms in total. The van der Waals surface area contributed by atoms with Gasteiger partial charge in [-0.1, -0.05) is 56.0 Å². The monoisotopic (exact) mass is 444 g/mol. The van der Waals surface area contributed by atoms with Gasteiger partial charge in [0, 0.05) is 18.8 Å². The van der Waals surface area contributed by atoms with Crippen LogP contribution in [0.2, 0.25) is 0 Å². The van der Waals surface area contributed by atoms with E-state index >= 15 is 0 Å². The van der Waals surface area contributed by atoms with Crippen molar-refractivity contribution >= 4 is 21.7 Å². The van der Waals surface area contributed by atoms with Crippen molar-refractivity contribution in [3.63, 3.8) is 0 Å². The van der Waals surface area contributed by atoms with E-state index in [1.54, 1.807) is 54.6 Å². The minimum absolute atomic E-state index is 0.287. The van der Waals surface area contributed by atoms with Crippen LogP contribution in [0.3, 0.4) is 0 Å². The van der Waals surface area contributed by atoms with E-state index in [1.807, 2.05) is 0 Å². The van der Waals surface area contributed by atoms with Crippen LogP contribution in [0.4, 0.5) is 5.69 Å². The molecule has 7 heteroatoms. The van der Waals surface area contributed by atoms with Gasteiger partial charge in [0.05, 0.1) is 10.5 Å². The number of aromatic carboxylic acids is 1. The number of carboxylic acids is 1. The first kappa shape index (κ1) is 24.6. The van der Waals surface area contributed by atoms with Crippen LogP contribution in [0.1, 0.15) is 55.3 Å². The molecule has 0 unspecified atom stereocenters. The van der Waals surface area contributed by atoms with E-state index < -0.39 is 16.0 Å². The van der Waals surface area contributed by atoms with E-state index in [1.165, 1.54) is 6.42 Å². The minimum atomic E-state index is -3.38.